The van der Waals surface area contributed by atoms with Crippen molar-refractivity contribution in [2.24, 2.45) is 5.73 Å². The van der Waals surface area contributed by atoms with Crippen LogP contribution in [0.25, 0.3) is 0 Å². The van der Waals surface area contributed by atoms with Crippen molar-refractivity contribution in [1.29, 1.82) is 5.26 Å². The first kappa shape index (κ1) is 19.8. The third kappa shape index (κ3) is 3.95. The molecule has 0 spiro atoms. The Balaban J connectivity index is 1.42. The number of aryl methyl sites for hydroxylation is 2. The average Bonchev–Trinajstić information content (AvgIpc) is 3.16. The van der Waals surface area contributed by atoms with Crippen LogP contribution in [0.5, 0.6) is 11.5 Å². The van der Waals surface area contributed by atoms with Gasteiger partial charge >= 0.3 is 0 Å². The number of imidazole rings is 1. The van der Waals surface area contributed by atoms with Crippen LogP contribution in [0.1, 0.15) is 46.8 Å². The highest BCUT2D eigenvalue weighted by molar-refractivity contribution is 5.49. The minimum absolute atomic E-state index is 0.296. The summed E-state index contributed by atoms with van der Waals surface area (Å²) in [4.78, 5) is 6.66. The summed E-state index contributed by atoms with van der Waals surface area (Å²) in [5.74, 6) is 1.37. The molecule has 0 amide bonds. The highest BCUT2D eigenvalue weighted by Crippen LogP contribution is 2.39. The second-order valence-electron chi connectivity index (χ2n) is 8.69. The Morgan fingerprint density at radius 1 is 1.23 bits per heavy atom. The molecule has 3 aromatic rings. The van der Waals surface area contributed by atoms with Gasteiger partial charge in [0.25, 0.3) is 0 Å². The zero-order chi connectivity index (χ0) is 21.4. The van der Waals surface area contributed by atoms with Crippen LogP contribution >= 0.6 is 0 Å². The number of aromatic nitrogens is 2. The SMILES string of the molecule is Cc1cncn1Cc1ccc(C#N)c(Oc2ccc3c(c2)C(N2CC(N)C2)CCC3)c1. The molecule has 0 bridgehead atoms. The molecule has 1 atom stereocenters. The maximum absolute atomic E-state index is 9.60. The summed E-state index contributed by atoms with van der Waals surface area (Å²) >= 11 is 0. The maximum atomic E-state index is 9.60. The molecule has 2 aromatic carbocycles. The van der Waals surface area contributed by atoms with Crippen molar-refractivity contribution in [1.82, 2.24) is 14.5 Å². The number of fused-ring (bicyclic) bond motifs is 1. The van der Waals surface area contributed by atoms with Gasteiger partial charge in [-0.1, -0.05) is 12.1 Å². The van der Waals surface area contributed by atoms with Gasteiger partial charge in [-0.2, -0.15) is 5.26 Å². The van der Waals surface area contributed by atoms with Gasteiger partial charge in [-0.25, -0.2) is 4.98 Å². The summed E-state index contributed by atoms with van der Waals surface area (Å²) in [6.07, 6.45) is 7.13. The Bertz CT molecular complexity index is 1140. The monoisotopic (exact) mass is 413 g/mol. The average molecular weight is 414 g/mol. The topological polar surface area (TPSA) is 80.1 Å². The zero-order valence-electron chi connectivity index (χ0n) is 17.8. The van der Waals surface area contributed by atoms with Gasteiger partial charge in [0.05, 0.1) is 11.9 Å². The summed E-state index contributed by atoms with van der Waals surface area (Å²) in [6, 6.07) is 15.1. The Morgan fingerprint density at radius 3 is 2.84 bits per heavy atom. The van der Waals surface area contributed by atoms with Crippen LogP contribution in [0.2, 0.25) is 0 Å². The molecule has 31 heavy (non-hydrogen) atoms. The standard InChI is InChI=1S/C25H27N5O/c1-17-12-28-16-30(17)13-18-5-6-20(11-26)25(9-18)31-22-8-7-19-3-2-4-24(23(19)10-22)29-14-21(27)15-29/h5-10,12,16,21,24H,2-4,13-15,27H2,1H3. The molecular weight excluding hydrogens is 386 g/mol. The Hall–Kier alpha value is -3.14. The van der Waals surface area contributed by atoms with Crippen LogP contribution < -0.4 is 10.5 Å². The fourth-order valence-electron chi connectivity index (χ4n) is 4.72. The van der Waals surface area contributed by atoms with E-state index in [1.165, 1.54) is 17.5 Å². The third-order valence-electron chi connectivity index (χ3n) is 6.45. The zero-order valence-corrected chi connectivity index (χ0v) is 17.8. The van der Waals surface area contributed by atoms with Crippen LogP contribution in [0.3, 0.4) is 0 Å². The Kier molecular flexibility index (Phi) is 5.23. The number of hydrogen-bond donors (Lipinski definition) is 1. The molecule has 5 rings (SSSR count). The number of benzene rings is 2. The summed E-state index contributed by atoms with van der Waals surface area (Å²) in [5, 5.41) is 9.60. The molecule has 2 heterocycles. The van der Waals surface area contributed by atoms with E-state index in [0.29, 0.717) is 29.9 Å². The molecule has 6 heteroatoms. The number of nitriles is 1. The third-order valence-corrected chi connectivity index (χ3v) is 6.45. The highest BCUT2D eigenvalue weighted by Gasteiger charge is 2.33. The lowest BCUT2D eigenvalue weighted by molar-refractivity contribution is 0.0832. The van der Waals surface area contributed by atoms with E-state index >= 15 is 0 Å². The molecule has 1 unspecified atom stereocenters. The number of likely N-dealkylation sites (tertiary alicyclic amines) is 1. The fraction of sp³-hybridized carbons (Fsp3) is 0.360. The van der Waals surface area contributed by atoms with Gasteiger partial charge in [0, 0.05) is 43.6 Å². The van der Waals surface area contributed by atoms with Crippen molar-refractivity contribution in [3.8, 4) is 17.6 Å². The van der Waals surface area contributed by atoms with Gasteiger partial charge in [0.15, 0.2) is 0 Å². The van der Waals surface area contributed by atoms with Gasteiger partial charge in [-0.15, -0.1) is 0 Å². The van der Waals surface area contributed by atoms with E-state index in [9.17, 15) is 5.26 Å². The van der Waals surface area contributed by atoms with E-state index in [4.69, 9.17) is 10.5 Å². The van der Waals surface area contributed by atoms with Crippen molar-refractivity contribution in [3.63, 3.8) is 0 Å². The van der Waals surface area contributed by atoms with Crippen molar-refractivity contribution < 1.29 is 4.74 Å². The van der Waals surface area contributed by atoms with Gasteiger partial charge < -0.3 is 15.0 Å². The molecule has 2 N–H and O–H groups in total. The van der Waals surface area contributed by atoms with E-state index in [1.807, 2.05) is 43.7 Å². The lowest BCUT2D eigenvalue weighted by Gasteiger charge is -2.45. The summed E-state index contributed by atoms with van der Waals surface area (Å²) in [7, 11) is 0. The highest BCUT2D eigenvalue weighted by atomic mass is 16.5. The van der Waals surface area contributed by atoms with Crippen molar-refractivity contribution in [2.45, 2.75) is 44.8 Å². The van der Waals surface area contributed by atoms with Crippen LogP contribution in [0, 0.1) is 18.3 Å². The summed E-state index contributed by atoms with van der Waals surface area (Å²) in [6.45, 7) is 4.64. The molecule has 1 saturated heterocycles. The smallest absolute Gasteiger partial charge is 0.145 e. The Labute approximate surface area is 182 Å². The van der Waals surface area contributed by atoms with Crippen LogP contribution in [-0.2, 0) is 13.0 Å². The van der Waals surface area contributed by atoms with Crippen LogP contribution in [-0.4, -0.2) is 33.6 Å². The second kappa shape index (κ2) is 8.18. The van der Waals surface area contributed by atoms with Crippen molar-refractivity contribution in [2.75, 3.05) is 13.1 Å². The molecule has 1 fully saturated rings. The predicted molar refractivity (Wildman–Crippen MR) is 119 cm³/mol. The lowest BCUT2D eigenvalue weighted by atomic mass is 9.85. The largest absolute Gasteiger partial charge is 0.456 e. The number of nitrogens with two attached hydrogens (primary N) is 1. The van der Waals surface area contributed by atoms with E-state index in [0.717, 1.165) is 42.9 Å². The first-order chi connectivity index (χ1) is 15.1. The van der Waals surface area contributed by atoms with Crippen LogP contribution in [0.4, 0.5) is 0 Å². The summed E-state index contributed by atoms with van der Waals surface area (Å²) < 4.78 is 8.34. The first-order valence-electron chi connectivity index (χ1n) is 10.9. The van der Waals surface area contributed by atoms with Crippen molar-refractivity contribution >= 4 is 0 Å². The molecule has 1 aromatic heterocycles. The summed E-state index contributed by atoms with van der Waals surface area (Å²) in [5.41, 5.74) is 11.5. The fourth-order valence-corrected chi connectivity index (χ4v) is 4.72. The molecule has 1 aliphatic carbocycles. The van der Waals surface area contributed by atoms with Gasteiger partial charge in [0.2, 0.25) is 0 Å². The number of rotatable bonds is 5. The van der Waals surface area contributed by atoms with Gasteiger partial charge in [0.1, 0.15) is 17.6 Å². The Morgan fingerprint density at radius 2 is 2.10 bits per heavy atom. The van der Waals surface area contributed by atoms with E-state index < -0.39 is 0 Å². The van der Waals surface area contributed by atoms with E-state index in [1.54, 1.807) is 0 Å². The second-order valence-corrected chi connectivity index (χ2v) is 8.69. The normalized spacial score (nSPS) is 18.8. The maximum Gasteiger partial charge on any atom is 0.145 e. The van der Waals surface area contributed by atoms with Crippen LogP contribution in [0.15, 0.2) is 48.9 Å². The molecular formula is C25H27N5O. The quantitative estimate of drug-likeness (QED) is 0.686. The lowest BCUT2D eigenvalue weighted by Crippen LogP contribution is -2.57. The van der Waals surface area contributed by atoms with E-state index in [-0.39, 0.29) is 0 Å². The van der Waals surface area contributed by atoms with Gasteiger partial charge in [-0.05, 0) is 67.1 Å². The van der Waals surface area contributed by atoms with Crippen molar-refractivity contribution in [3.05, 3.63) is 76.9 Å². The predicted octanol–water partition coefficient (Wildman–Crippen LogP) is 3.92. The molecule has 1 aliphatic heterocycles. The molecule has 2 aliphatic rings. The molecule has 158 valence electrons. The minimum atomic E-state index is 0.296. The number of hydrogen-bond acceptors (Lipinski definition) is 5. The molecule has 6 nitrogen and oxygen atoms in total. The number of nitrogens with zero attached hydrogens (tertiary/aromatic N) is 4. The number of ether oxygens (including phenoxy) is 1. The minimum Gasteiger partial charge on any atom is -0.456 e. The first-order valence-corrected chi connectivity index (χ1v) is 10.9. The van der Waals surface area contributed by atoms with E-state index in [2.05, 4.69) is 32.7 Å². The molecule has 0 saturated carbocycles. The molecule has 0 radical (unpaired) electrons. The van der Waals surface area contributed by atoms with Gasteiger partial charge in [-0.3, -0.25) is 4.90 Å².